The topological polar surface area (TPSA) is 38.7 Å². The van der Waals surface area contributed by atoms with Gasteiger partial charge in [-0.15, -0.1) is 0 Å². The molecule has 3 heteroatoms. The van der Waals surface area contributed by atoms with Gasteiger partial charge in [-0.3, -0.25) is 0 Å². The monoisotopic (exact) mass is 813 g/mol. The Morgan fingerprint density at radius 1 is 0.219 bits per heavy atom. The first-order valence-corrected chi connectivity index (χ1v) is 21.8. The highest BCUT2D eigenvalue weighted by Gasteiger charge is 2.21. The summed E-state index contributed by atoms with van der Waals surface area (Å²) in [6, 6.07) is 84.2. The Labute approximate surface area is 371 Å². The molecule has 1 aromatic heterocycles. The van der Waals surface area contributed by atoms with Gasteiger partial charge < -0.3 is 0 Å². The van der Waals surface area contributed by atoms with Crippen molar-refractivity contribution >= 4 is 43.1 Å². The van der Waals surface area contributed by atoms with Crippen LogP contribution in [0.15, 0.2) is 237 Å². The van der Waals surface area contributed by atoms with Crippen molar-refractivity contribution < 1.29 is 0 Å². The van der Waals surface area contributed by atoms with E-state index < -0.39 is 0 Å². The minimum atomic E-state index is 0.615. The van der Waals surface area contributed by atoms with E-state index in [2.05, 4.69) is 224 Å². The van der Waals surface area contributed by atoms with Crippen LogP contribution in [0.25, 0.3) is 122 Å². The van der Waals surface area contributed by atoms with Crippen molar-refractivity contribution in [2.24, 2.45) is 0 Å². The summed E-state index contributed by atoms with van der Waals surface area (Å²) in [7, 11) is 0. The molecule has 0 amide bonds. The van der Waals surface area contributed by atoms with Crippen molar-refractivity contribution in [1.29, 1.82) is 0 Å². The van der Waals surface area contributed by atoms with Crippen molar-refractivity contribution in [3.05, 3.63) is 237 Å². The zero-order chi connectivity index (χ0) is 42.4. The minimum Gasteiger partial charge on any atom is -0.208 e. The van der Waals surface area contributed by atoms with Gasteiger partial charge in [-0.1, -0.05) is 231 Å². The molecule has 0 aliphatic rings. The predicted molar refractivity (Wildman–Crippen MR) is 268 cm³/mol. The number of nitrogens with zero attached hydrogens (tertiary/aromatic N) is 3. The maximum atomic E-state index is 5.28. The largest absolute Gasteiger partial charge is 0.208 e. The van der Waals surface area contributed by atoms with Gasteiger partial charge in [0.05, 0.1) is 0 Å². The summed E-state index contributed by atoms with van der Waals surface area (Å²) in [6.45, 7) is 0. The van der Waals surface area contributed by atoms with E-state index >= 15 is 0 Å². The maximum Gasteiger partial charge on any atom is 0.164 e. The summed E-state index contributed by atoms with van der Waals surface area (Å²) in [5, 5.41) is 9.81. The van der Waals surface area contributed by atoms with Gasteiger partial charge in [0.2, 0.25) is 0 Å². The zero-order valence-electron chi connectivity index (χ0n) is 34.9. The highest BCUT2D eigenvalue weighted by Crippen LogP contribution is 2.47. The molecular weight excluding hydrogens is 775 g/mol. The van der Waals surface area contributed by atoms with Gasteiger partial charge in [0.15, 0.2) is 17.5 Å². The third-order valence-electron chi connectivity index (χ3n) is 12.5. The molecule has 0 fully saturated rings. The summed E-state index contributed by atoms with van der Waals surface area (Å²) < 4.78 is 0. The number of benzene rings is 11. The van der Waals surface area contributed by atoms with E-state index in [0.29, 0.717) is 17.5 Å². The van der Waals surface area contributed by atoms with Crippen LogP contribution in [0, 0.1) is 0 Å². The van der Waals surface area contributed by atoms with Gasteiger partial charge in [0.1, 0.15) is 0 Å². The lowest BCUT2D eigenvalue weighted by Crippen LogP contribution is -2.02. The Balaban J connectivity index is 1.07. The van der Waals surface area contributed by atoms with Crippen LogP contribution in [0.2, 0.25) is 0 Å². The van der Waals surface area contributed by atoms with E-state index in [-0.39, 0.29) is 0 Å². The molecule has 3 nitrogen and oxygen atoms in total. The first-order chi connectivity index (χ1) is 31.7. The Morgan fingerprint density at radius 3 is 1.28 bits per heavy atom. The van der Waals surface area contributed by atoms with Crippen molar-refractivity contribution in [1.82, 2.24) is 15.0 Å². The molecule has 0 unspecified atom stereocenters. The molecule has 0 saturated carbocycles. The van der Waals surface area contributed by atoms with Crippen LogP contribution in [0.3, 0.4) is 0 Å². The molecular formula is C61H39N3. The molecule has 0 aliphatic carbocycles. The predicted octanol–water partition coefficient (Wildman–Crippen LogP) is 16.2. The lowest BCUT2D eigenvalue weighted by molar-refractivity contribution is 1.07. The van der Waals surface area contributed by atoms with E-state index in [1.54, 1.807) is 0 Å². The molecule has 0 N–H and O–H groups in total. The van der Waals surface area contributed by atoms with Crippen LogP contribution in [0.1, 0.15) is 0 Å². The molecule has 298 valence electrons. The van der Waals surface area contributed by atoms with Gasteiger partial charge in [0, 0.05) is 16.7 Å². The molecule has 0 saturated heterocycles. The second-order valence-electron chi connectivity index (χ2n) is 16.3. The second kappa shape index (κ2) is 15.7. The van der Waals surface area contributed by atoms with Crippen molar-refractivity contribution in [3.8, 4) is 78.7 Å². The fourth-order valence-electron chi connectivity index (χ4n) is 9.53. The van der Waals surface area contributed by atoms with E-state index in [9.17, 15) is 0 Å². The molecule has 12 aromatic rings. The summed E-state index contributed by atoms with van der Waals surface area (Å²) >= 11 is 0. The van der Waals surface area contributed by atoms with Crippen LogP contribution in [-0.2, 0) is 0 Å². The van der Waals surface area contributed by atoms with Gasteiger partial charge in [-0.25, -0.2) is 15.0 Å². The third kappa shape index (κ3) is 6.50. The van der Waals surface area contributed by atoms with Crippen LogP contribution >= 0.6 is 0 Å². The zero-order valence-corrected chi connectivity index (χ0v) is 34.9. The van der Waals surface area contributed by atoms with E-state index in [4.69, 9.17) is 15.0 Å². The van der Waals surface area contributed by atoms with Crippen LogP contribution in [0.4, 0.5) is 0 Å². The van der Waals surface area contributed by atoms with Gasteiger partial charge in [-0.05, 0) is 93.7 Å². The number of hydrogen-bond acceptors (Lipinski definition) is 3. The summed E-state index contributed by atoms with van der Waals surface area (Å²) in [5.74, 6) is 1.86. The first kappa shape index (κ1) is 37.2. The van der Waals surface area contributed by atoms with Gasteiger partial charge in [-0.2, -0.15) is 0 Å². The maximum absolute atomic E-state index is 5.28. The Bertz CT molecular complexity index is 3610. The highest BCUT2D eigenvalue weighted by atomic mass is 15.0. The van der Waals surface area contributed by atoms with Gasteiger partial charge >= 0.3 is 0 Å². The SMILES string of the molecule is c1ccc(-c2ccccc2-c2nc(-c3ccc(-c4c5ccccc5c(-c5ccc6ccccc6c5)c5ccc6ccccc6c45)cc3)nc(-c3ccccc3-c3ccccc3)n2)cc1. The molecule has 64 heavy (non-hydrogen) atoms. The lowest BCUT2D eigenvalue weighted by Gasteiger charge is -2.20. The summed E-state index contributed by atoms with van der Waals surface area (Å²) in [4.78, 5) is 15.8. The van der Waals surface area contributed by atoms with E-state index in [1.165, 1.54) is 59.8 Å². The number of fused-ring (bicyclic) bond motifs is 5. The Hall–Kier alpha value is -8.53. The summed E-state index contributed by atoms with van der Waals surface area (Å²) in [5.41, 5.74) is 12.0. The third-order valence-corrected chi connectivity index (χ3v) is 12.5. The average Bonchev–Trinajstić information content (AvgIpc) is 3.38. The van der Waals surface area contributed by atoms with E-state index in [1.807, 2.05) is 12.1 Å². The molecule has 12 rings (SSSR count). The van der Waals surface area contributed by atoms with Gasteiger partial charge in [0.25, 0.3) is 0 Å². The molecule has 0 spiro atoms. The smallest absolute Gasteiger partial charge is 0.164 e. The first-order valence-electron chi connectivity index (χ1n) is 21.8. The second-order valence-corrected chi connectivity index (χ2v) is 16.3. The van der Waals surface area contributed by atoms with Crippen LogP contribution in [0.5, 0.6) is 0 Å². The standard InChI is InChI=1S/C61H39N3/c1-3-18-41(19-4-1)48-24-11-15-29-53(48)60-62-59(63-61(64-60)54-30-16-12-25-49(54)42-20-5-2-6-21-42)45-34-32-44(33-35-45)57-52-28-14-13-27-51(52)56(47-36-31-40-17-7-8-23-46(40)39-47)55-38-37-43-22-9-10-26-50(43)58(55)57/h1-39H. The Kier molecular flexibility index (Phi) is 9.16. The normalized spacial score (nSPS) is 11.4. The lowest BCUT2D eigenvalue weighted by atomic mass is 9.83. The number of aromatic nitrogens is 3. The quantitative estimate of drug-likeness (QED) is 0.119. The van der Waals surface area contributed by atoms with Crippen molar-refractivity contribution in [2.75, 3.05) is 0 Å². The molecule has 11 aromatic carbocycles. The molecule has 0 radical (unpaired) electrons. The van der Waals surface area contributed by atoms with Crippen molar-refractivity contribution in [3.63, 3.8) is 0 Å². The fourth-order valence-corrected chi connectivity index (χ4v) is 9.53. The number of hydrogen-bond donors (Lipinski definition) is 0. The summed E-state index contributed by atoms with van der Waals surface area (Å²) in [6.07, 6.45) is 0. The van der Waals surface area contributed by atoms with Crippen LogP contribution < -0.4 is 0 Å². The van der Waals surface area contributed by atoms with E-state index in [0.717, 1.165) is 44.5 Å². The Morgan fingerprint density at radius 2 is 0.656 bits per heavy atom. The van der Waals surface area contributed by atoms with Crippen LogP contribution in [-0.4, -0.2) is 15.0 Å². The minimum absolute atomic E-state index is 0.615. The molecule has 0 bridgehead atoms. The fraction of sp³-hybridized carbons (Fsp3) is 0. The number of rotatable bonds is 7. The molecule has 1 heterocycles. The molecule has 0 aliphatic heterocycles. The highest BCUT2D eigenvalue weighted by molar-refractivity contribution is 6.28. The average molecular weight is 814 g/mol. The molecule has 0 atom stereocenters. The van der Waals surface area contributed by atoms with Crippen molar-refractivity contribution in [2.45, 2.75) is 0 Å².